The van der Waals surface area contributed by atoms with Crippen LogP contribution in [-0.4, -0.2) is 65.6 Å². The summed E-state index contributed by atoms with van der Waals surface area (Å²) in [5.74, 6) is 0. The van der Waals surface area contributed by atoms with Gasteiger partial charge in [0.05, 0.1) is 18.1 Å². The summed E-state index contributed by atoms with van der Waals surface area (Å²) in [7, 11) is 2.03. The van der Waals surface area contributed by atoms with Crippen molar-refractivity contribution in [2.24, 2.45) is 0 Å². The van der Waals surface area contributed by atoms with Crippen LogP contribution in [0.4, 0.5) is 0 Å². The highest BCUT2D eigenvalue weighted by atomic mass is 15.3. The zero-order valence-corrected chi connectivity index (χ0v) is 12.5. The van der Waals surface area contributed by atoms with Gasteiger partial charge in [-0.05, 0) is 19.9 Å². The number of rotatable bonds is 5. The summed E-state index contributed by atoms with van der Waals surface area (Å²) in [6.45, 7) is 5.76. The average Bonchev–Trinajstić information content (AvgIpc) is 3.18. The van der Waals surface area contributed by atoms with Crippen LogP contribution < -0.4 is 5.32 Å². The third-order valence-electron chi connectivity index (χ3n) is 4.91. The number of imidazole rings is 1. The molecule has 0 bridgehead atoms. The van der Waals surface area contributed by atoms with Crippen LogP contribution in [0.3, 0.4) is 0 Å². The van der Waals surface area contributed by atoms with E-state index in [1.165, 1.54) is 57.6 Å². The fraction of sp³-hybridized carbons (Fsp3) is 0.800. The van der Waals surface area contributed by atoms with Gasteiger partial charge in [0.2, 0.25) is 0 Å². The molecule has 0 aromatic carbocycles. The molecule has 112 valence electrons. The van der Waals surface area contributed by atoms with Crippen LogP contribution in [-0.2, 0) is 0 Å². The first-order valence-electron chi connectivity index (χ1n) is 7.99. The molecule has 3 rings (SSSR count). The molecule has 0 radical (unpaired) electrons. The highest BCUT2D eigenvalue weighted by molar-refractivity contribution is 5.04. The second-order valence-corrected chi connectivity index (χ2v) is 6.09. The molecule has 2 N–H and O–H groups in total. The highest BCUT2D eigenvalue weighted by Gasteiger charge is 2.29. The molecule has 5 heteroatoms. The van der Waals surface area contributed by atoms with Crippen molar-refractivity contribution in [2.45, 2.75) is 37.8 Å². The zero-order valence-electron chi connectivity index (χ0n) is 12.5. The van der Waals surface area contributed by atoms with Crippen LogP contribution in [0.5, 0.6) is 0 Å². The lowest BCUT2D eigenvalue weighted by Gasteiger charge is -2.41. The maximum Gasteiger partial charge on any atom is 0.0922 e. The average molecular weight is 277 g/mol. The number of hydrogen-bond donors (Lipinski definition) is 2. The second kappa shape index (κ2) is 6.70. The SMILES string of the molecule is CNCC(c1cnc[nH]1)N1CCN(C2CCCC2)CC1. The Hall–Kier alpha value is -0.910. The Balaban J connectivity index is 1.57. The maximum absolute atomic E-state index is 4.18. The van der Waals surface area contributed by atoms with Gasteiger partial charge in [-0.3, -0.25) is 9.80 Å². The van der Waals surface area contributed by atoms with Gasteiger partial charge < -0.3 is 10.3 Å². The zero-order chi connectivity index (χ0) is 13.8. The van der Waals surface area contributed by atoms with Gasteiger partial charge in [-0.1, -0.05) is 12.8 Å². The fourth-order valence-corrected chi connectivity index (χ4v) is 3.76. The van der Waals surface area contributed by atoms with Crippen LogP contribution in [0.2, 0.25) is 0 Å². The molecule has 2 fully saturated rings. The summed E-state index contributed by atoms with van der Waals surface area (Å²) in [6, 6.07) is 1.29. The molecular weight excluding hydrogens is 250 g/mol. The van der Waals surface area contributed by atoms with E-state index in [0.29, 0.717) is 6.04 Å². The Kier molecular flexibility index (Phi) is 4.70. The van der Waals surface area contributed by atoms with E-state index in [1.54, 1.807) is 6.33 Å². The topological polar surface area (TPSA) is 47.2 Å². The molecular formula is C15H27N5. The second-order valence-electron chi connectivity index (χ2n) is 6.09. The van der Waals surface area contributed by atoms with Gasteiger partial charge in [-0.2, -0.15) is 0 Å². The molecule has 0 amide bonds. The number of nitrogens with zero attached hydrogens (tertiary/aromatic N) is 3. The number of piperazine rings is 1. The molecule has 1 unspecified atom stereocenters. The summed E-state index contributed by atoms with van der Waals surface area (Å²) in [4.78, 5) is 12.8. The van der Waals surface area contributed by atoms with Gasteiger partial charge in [0.1, 0.15) is 0 Å². The van der Waals surface area contributed by atoms with E-state index in [0.717, 1.165) is 12.6 Å². The Bertz CT molecular complexity index is 377. The minimum absolute atomic E-state index is 0.424. The van der Waals surface area contributed by atoms with Crippen molar-refractivity contribution >= 4 is 0 Å². The van der Waals surface area contributed by atoms with Gasteiger partial charge in [0, 0.05) is 45.0 Å². The molecule has 2 heterocycles. The van der Waals surface area contributed by atoms with Gasteiger partial charge in [0.25, 0.3) is 0 Å². The lowest BCUT2D eigenvalue weighted by molar-refractivity contribution is 0.0691. The molecule has 1 aromatic heterocycles. The van der Waals surface area contributed by atoms with Crippen LogP contribution >= 0.6 is 0 Å². The number of H-pyrrole nitrogens is 1. The number of aromatic nitrogens is 2. The molecule has 0 spiro atoms. The van der Waals surface area contributed by atoms with Crippen LogP contribution in [0, 0.1) is 0 Å². The van der Waals surface area contributed by atoms with Crippen LogP contribution in [0.15, 0.2) is 12.5 Å². The van der Waals surface area contributed by atoms with Crippen molar-refractivity contribution in [1.82, 2.24) is 25.1 Å². The van der Waals surface area contributed by atoms with Crippen molar-refractivity contribution in [3.63, 3.8) is 0 Å². The lowest BCUT2D eigenvalue weighted by atomic mass is 10.1. The number of hydrogen-bond acceptors (Lipinski definition) is 4. The Morgan fingerprint density at radius 3 is 2.65 bits per heavy atom. The van der Waals surface area contributed by atoms with E-state index in [9.17, 15) is 0 Å². The molecule has 1 aliphatic heterocycles. The highest BCUT2D eigenvalue weighted by Crippen LogP contribution is 2.26. The first-order chi connectivity index (χ1) is 9.88. The standard InChI is InChI=1S/C15H27N5/c1-16-11-15(14-10-17-12-18-14)20-8-6-19(7-9-20)13-4-2-3-5-13/h10,12-13,15-16H,2-9,11H2,1H3,(H,17,18). The number of aromatic amines is 1. The van der Waals surface area contributed by atoms with Crippen molar-refractivity contribution in [1.29, 1.82) is 0 Å². The predicted octanol–water partition coefficient (Wildman–Crippen LogP) is 1.23. The van der Waals surface area contributed by atoms with Gasteiger partial charge in [-0.25, -0.2) is 4.98 Å². The Labute approximate surface area is 121 Å². The summed E-state index contributed by atoms with van der Waals surface area (Å²) < 4.78 is 0. The summed E-state index contributed by atoms with van der Waals surface area (Å²) in [6.07, 6.45) is 9.45. The molecule has 20 heavy (non-hydrogen) atoms. The molecule has 2 aliphatic rings. The lowest BCUT2D eigenvalue weighted by Crippen LogP contribution is -2.51. The monoisotopic (exact) mass is 277 g/mol. The number of nitrogens with one attached hydrogen (secondary N) is 2. The molecule has 1 aromatic rings. The van der Waals surface area contributed by atoms with E-state index in [-0.39, 0.29) is 0 Å². The smallest absolute Gasteiger partial charge is 0.0922 e. The quantitative estimate of drug-likeness (QED) is 0.850. The molecule has 1 saturated carbocycles. The normalized spacial score (nSPS) is 24.2. The first kappa shape index (κ1) is 14.0. The minimum atomic E-state index is 0.424. The van der Waals surface area contributed by atoms with Crippen molar-refractivity contribution in [3.8, 4) is 0 Å². The van der Waals surface area contributed by atoms with E-state index < -0.39 is 0 Å². The van der Waals surface area contributed by atoms with Crippen molar-refractivity contribution < 1.29 is 0 Å². The van der Waals surface area contributed by atoms with Gasteiger partial charge in [0.15, 0.2) is 0 Å². The third-order valence-corrected chi connectivity index (χ3v) is 4.91. The van der Waals surface area contributed by atoms with E-state index in [4.69, 9.17) is 0 Å². The first-order valence-corrected chi connectivity index (χ1v) is 7.99. The summed E-state index contributed by atoms with van der Waals surface area (Å²) in [5.41, 5.74) is 1.23. The van der Waals surface area contributed by atoms with Crippen LogP contribution in [0.25, 0.3) is 0 Å². The number of likely N-dealkylation sites (N-methyl/N-ethyl adjacent to an activating group) is 1. The summed E-state index contributed by atoms with van der Waals surface area (Å²) >= 11 is 0. The van der Waals surface area contributed by atoms with E-state index in [2.05, 4.69) is 25.1 Å². The Morgan fingerprint density at radius 1 is 1.30 bits per heavy atom. The summed E-state index contributed by atoms with van der Waals surface area (Å²) in [5, 5.41) is 3.32. The largest absolute Gasteiger partial charge is 0.347 e. The molecule has 5 nitrogen and oxygen atoms in total. The molecule has 1 saturated heterocycles. The molecule has 1 atom stereocenters. The van der Waals surface area contributed by atoms with E-state index >= 15 is 0 Å². The maximum atomic E-state index is 4.18. The van der Waals surface area contributed by atoms with Crippen LogP contribution in [0.1, 0.15) is 37.4 Å². The van der Waals surface area contributed by atoms with Gasteiger partial charge in [-0.15, -0.1) is 0 Å². The minimum Gasteiger partial charge on any atom is -0.347 e. The Morgan fingerprint density at radius 2 is 2.05 bits per heavy atom. The van der Waals surface area contributed by atoms with Crippen molar-refractivity contribution in [3.05, 3.63) is 18.2 Å². The van der Waals surface area contributed by atoms with E-state index in [1.807, 2.05) is 13.2 Å². The predicted molar refractivity (Wildman–Crippen MR) is 80.7 cm³/mol. The van der Waals surface area contributed by atoms with Gasteiger partial charge >= 0.3 is 0 Å². The molecule has 1 aliphatic carbocycles. The van der Waals surface area contributed by atoms with Crippen molar-refractivity contribution in [2.75, 3.05) is 39.8 Å². The third kappa shape index (κ3) is 3.05. The fourth-order valence-electron chi connectivity index (χ4n) is 3.76.